The minimum Gasteiger partial charge on any atom is -0.390 e. The number of hydrogen-bond donors (Lipinski definition) is 4. The van der Waals surface area contributed by atoms with Gasteiger partial charge in [-0.25, -0.2) is 0 Å². The topological polar surface area (TPSA) is 62.1 Å². The number of rotatable bonds is 9. The lowest BCUT2D eigenvalue weighted by Crippen LogP contribution is -2.33. The summed E-state index contributed by atoms with van der Waals surface area (Å²) in [6, 6.07) is 0. The minimum atomic E-state index is 0.706. The van der Waals surface area contributed by atoms with E-state index in [2.05, 4.69) is 22.5 Å². The van der Waals surface area contributed by atoms with Gasteiger partial charge in [0.05, 0.1) is 0 Å². The van der Waals surface area contributed by atoms with Crippen LogP contribution in [0.25, 0.3) is 0 Å². The molecule has 5 N–H and O–H groups in total. The fourth-order valence-corrected chi connectivity index (χ4v) is 0.791. The molecule has 72 valence electrons. The molecule has 0 aliphatic heterocycles. The number of nitrogens with one attached hydrogen (secondary N) is 3. The van der Waals surface area contributed by atoms with Crippen molar-refractivity contribution in [2.24, 2.45) is 5.73 Å². The van der Waals surface area contributed by atoms with Gasteiger partial charge in [0.1, 0.15) is 0 Å². The third kappa shape index (κ3) is 9.42. The van der Waals surface area contributed by atoms with Crippen LogP contribution in [0.3, 0.4) is 0 Å². The van der Waals surface area contributed by atoms with Crippen LogP contribution in [0.15, 0.2) is 12.8 Å². The van der Waals surface area contributed by atoms with E-state index in [1.54, 1.807) is 6.20 Å². The van der Waals surface area contributed by atoms with Gasteiger partial charge < -0.3 is 21.7 Å². The molecule has 0 fully saturated rings. The van der Waals surface area contributed by atoms with Gasteiger partial charge >= 0.3 is 0 Å². The second-order valence-corrected chi connectivity index (χ2v) is 2.45. The summed E-state index contributed by atoms with van der Waals surface area (Å²) in [5.74, 6) is 0. The fourth-order valence-electron chi connectivity index (χ4n) is 0.791. The molecule has 0 aromatic rings. The highest BCUT2D eigenvalue weighted by atomic mass is 15.0. The van der Waals surface area contributed by atoms with Gasteiger partial charge in [-0.2, -0.15) is 0 Å². The molecule has 0 spiro atoms. The maximum absolute atomic E-state index is 5.30. The molecule has 0 aliphatic rings. The van der Waals surface area contributed by atoms with Crippen molar-refractivity contribution in [3.63, 3.8) is 0 Å². The van der Waals surface area contributed by atoms with Crippen molar-refractivity contribution in [1.29, 1.82) is 0 Å². The highest BCUT2D eigenvalue weighted by Gasteiger charge is 1.85. The summed E-state index contributed by atoms with van der Waals surface area (Å²) in [4.78, 5) is 0. The third-order valence-electron chi connectivity index (χ3n) is 1.39. The molecule has 0 radical (unpaired) electrons. The molecule has 0 saturated carbocycles. The average molecular weight is 172 g/mol. The molecular weight excluding hydrogens is 152 g/mol. The van der Waals surface area contributed by atoms with Crippen LogP contribution in [0, 0.1) is 0 Å². The van der Waals surface area contributed by atoms with Gasteiger partial charge in [-0.3, -0.25) is 0 Å². The van der Waals surface area contributed by atoms with Crippen LogP contribution in [0.1, 0.15) is 0 Å². The Morgan fingerprint density at radius 2 is 1.58 bits per heavy atom. The first-order valence-electron chi connectivity index (χ1n) is 4.37. The Balaban J connectivity index is 2.77. The molecule has 0 aromatic heterocycles. The molecule has 0 unspecified atom stereocenters. The van der Waals surface area contributed by atoms with Crippen LogP contribution < -0.4 is 21.7 Å². The number of nitrogens with two attached hydrogens (primary N) is 1. The summed E-state index contributed by atoms with van der Waals surface area (Å²) in [5, 5.41) is 9.47. The fraction of sp³-hybridized carbons (Fsp3) is 0.750. The highest BCUT2D eigenvalue weighted by Crippen LogP contribution is 1.60. The zero-order valence-electron chi connectivity index (χ0n) is 7.60. The second kappa shape index (κ2) is 10.4. The predicted octanol–water partition coefficient (Wildman–Crippen LogP) is -1.14. The minimum absolute atomic E-state index is 0.706. The van der Waals surface area contributed by atoms with E-state index in [1.165, 1.54) is 0 Å². The Hall–Kier alpha value is -0.580. The predicted molar refractivity (Wildman–Crippen MR) is 53.0 cm³/mol. The molecule has 0 amide bonds. The lowest BCUT2D eigenvalue weighted by atomic mass is 10.5. The summed E-state index contributed by atoms with van der Waals surface area (Å²) in [6.45, 7) is 9.02. The van der Waals surface area contributed by atoms with Gasteiger partial charge in [0, 0.05) is 39.3 Å². The molecule has 0 saturated heterocycles. The van der Waals surface area contributed by atoms with Crippen molar-refractivity contribution in [2.75, 3.05) is 39.3 Å². The van der Waals surface area contributed by atoms with Crippen LogP contribution >= 0.6 is 0 Å². The van der Waals surface area contributed by atoms with Crippen molar-refractivity contribution < 1.29 is 0 Å². The third-order valence-corrected chi connectivity index (χ3v) is 1.39. The molecule has 4 nitrogen and oxygen atoms in total. The van der Waals surface area contributed by atoms with Crippen LogP contribution in [0.4, 0.5) is 0 Å². The summed E-state index contributed by atoms with van der Waals surface area (Å²) in [5.41, 5.74) is 5.30. The first kappa shape index (κ1) is 11.4. The van der Waals surface area contributed by atoms with E-state index in [0.29, 0.717) is 6.54 Å². The van der Waals surface area contributed by atoms with E-state index in [-0.39, 0.29) is 0 Å². The highest BCUT2D eigenvalue weighted by molar-refractivity contribution is 4.63. The maximum Gasteiger partial charge on any atom is 0.0266 e. The Morgan fingerprint density at radius 3 is 2.17 bits per heavy atom. The Bertz CT molecular complexity index is 95.1. The van der Waals surface area contributed by atoms with Gasteiger partial charge in [0.2, 0.25) is 0 Å². The van der Waals surface area contributed by atoms with Crippen molar-refractivity contribution in [2.45, 2.75) is 0 Å². The van der Waals surface area contributed by atoms with Crippen molar-refractivity contribution in [3.8, 4) is 0 Å². The van der Waals surface area contributed by atoms with Crippen LogP contribution in [0.5, 0.6) is 0 Å². The molecule has 0 aliphatic carbocycles. The van der Waals surface area contributed by atoms with Crippen LogP contribution in [0.2, 0.25) is 0 Å². The summed E-state index contributed by atoms with van der Waals surface area (Å²) < 4.78 is 0. The van der Waals surface area contributed by atoms with Crippen LogP contribution in [-0.2, 0) is 0 Å². The van der Waals surface area contributed by atoms with E-state index in [9.17, 15) is 0 Å². The lowest BCUT2D eigenvalue weighted by molar-refractivity contribution is 0.607. The zero-order valence-corrected chi connectivity index (χ0v) is 7.60. The van der Waals surface area contributed by atoms with Gasteiger partial charge in [-0.05, 0) is 6.20 Å². The largest absolute Gasteiger partial charge is 0.390 e. The lowest BCUT2D eigenvalue weighted by Gasteiger charge is -2.05. The quantitative estimate of drug-likeness (QED) is 0.332. The maximum atomic E-state index is 5.30. The van der Waals surface area contributed by atoms with E-state index in [4.69, 9.17) is 5.73 Å². The number of hydrogen-bond acceptors (Lipinski definition) is 4. The molecule has 0 bridgehead atoms. The summed E-state index contributed by atoms with van der Waals surface area (Å²) in [7, 11) is 0. The SMILES string of the molecule is C=CNCCNCCNCCN. The first-order valence-corrected chi connectivity index (χ1v) is 4.37. The van der Waals surface area contributed by atoms with Gasteiger partial charge in [0.25, 0.3) is 0 Å². The Morgan fingerprint density at radius 1 is 1.00 bits per heavy atom. The van der Waals surface area contributed by atoms with Gasteiger partial charge in [0.15, 0.2) is 0 Å². The van der Waals surface area contributed by atoms with E-state index in [0.717, 1.165) is 32.7 Å². The van der Waals surface area contributed by atoms with Crippen molar-refractivity contribution >= 4 is 0 Å². The van der Waals surface area contributed by atoms with E-state index < -0.39 is 0 Å². The smallest absolute Gasteiger partial charge is 0.0266 e. The Labute approximate surface area is 74.6 Å². The molecule has 0 heterocycles. The standard InChI is InChI=1S/C8H20N4/c1-2-10-5-6-12-8-7-11-4-3-9/h2,10-12H,1,3-9H2. The van der Waals surface area contributed by atoms with Gasteiger partial charge in [-0.15, -0.1) is 0 Å². The molecule has 12 heavy (non-hydrogen) atoms. The molecular formula is C8H20N4. The summed E-state index contributed by atoms with van der Waals surface area (Å²) >= 11 is 0. The first-order chi connectivity index (χ1) is 5.91. The zero-order chi connectivity index (χ0) is 9.07. The van der Waals surface area contributed by atoms with Crippen LogP contribution in [-0.4, -0.2) is 39.3 Å². The monoisotopic (exact) mass is 172 g/mol. The molecule has 0 atom stereocenters. The molecule has 0 aromatic carbocycles. The van der Waals surface area contributed by atoms with Crippen molar-refractivity contribution in [3.05, 3.63) is 12.8 Å². The van der Waals surface area contributed by atoms with Gasteiger partial charge in [-0.1, -0.05) is 6.58 Å². The molecule has 4 heteroatoms. The van der Waals surface area contributed by atoms with E-state index in [1.807, 2.05) is 0 Å². The normalized spacial score (nSPS) is 9.75. The van der Waals surface area contributed by atoms with E-state index >= 15 is 0 Å². The van der Waals surface area contributed by atoms with Crippen molar-refractivity contribution in [1.82, 2.24) is 16.0 Å². The summed E-state index contributed by atoms with van der Waals surface area (Å²) in [6.07, 6.45) is 1.70. The second-order valence-electron chi connectivity index (χ2n) is 2.45. The average Bonchev–Trinajstić information content (AvgIpc) is 2.10. The Kier molecular flexibility index (Phi) is 9.92. The molecule has 0 rings (SSSR count).